The molecule has 0 aliphatic carbocycles. The van der Waals surface area contributed by atoms with Crippen molar-refractivity contribution >= 4 is 6.29 Å². The topological polar surface area (TPSA) is 30.0 Å². The van der Waals surface area contributed by atoms with Gasteiger partial charge in [-0.2, -0.15) is 0 Å². The molecule has 0 spiro atoms. The van der Waals surface area contributed by atoms with Gasteiger partial charge in [0.1, 0.15) is 0 Å². The van der Waals surface area contributed by atoms with Gasteiger partial charge in [-0.05, 0) is 24.3 Å². The van der Waals surface area contributed by atoms with E-state index in [9.17, 15) is 18.0 Å². The molecule has 2 rings (SSSR count). The highest BCUT2D eigenvalue weighted by Crippen LogP contribution is 2.20. The second kappa shape index (κ2) is 4.37. The second-order valence-electron chi connectivity index (χ2n) is 3.34. The summed E-state index contributed by atoms with van der Waals surface area (Å²) in [5.74, 6) is -2.76. The van der Waals surface area contributed by atoms with Crippen LogP contribution in [0.1, 0.15) is 10.4 Å². The summed E-state index contributed by atoms with van der Waals surface area (Å²) in [6.45, 7) is 0. The molecule has 5 heteroatoms. The van der Waals surface area contributed by atoms with E-state index in [1.54, 1.807) is 0 Å². The third-order valence-electron chi connectivity index (χ3n) is 2.23. The van der Waals surface area contributed by atoms with E-state index in [1.807, 2.05) is 0 Å². The molecule has 0 N–H and O–H groups in total. The maximum Gasteiger partial charge on any atom is 0.159 e. The van der Waals surface area contributed by atoms with Gasteiger partial charge < -0.3 is 0 Å². The highest BCUT2D eigenvalue weighted by Gasteiger charge is 2.08. The number of carbonyl (C=O) groups excluding carboxylic acids is 1. The number of pyridine rings is 1. The molecule has 0 saturated heterocycles. The summed E-state index contributed by atoms with van der Waals surface area (Å²) in [6.07, 6.45) is 1.20. The average molecular weight is 237 g/mol. The monoisotopic (exact) mass is 237 g/mol. The number of halogens is 3. The van der Waals surface area contributed by atoms with Crippen LogP contribution < -0.4 is 0 Å². The van der Waals surface area contributed by atoms with Crippen molar-refractivity contribution in [2.75, 3.05) is 0 Å². The van der Waals surface area contributed by atoms with Crippen molar-refractivity contribution in [1.82, 2.24) is 4.98 Å². The SMILES string of the molecule is O=Cc1cc(-c2ccc(F)c(F)c2)ncc1F. The molecular formula is C12H6F3NO. The van der Waals surface area contributed by atoms with Gasteiger partial charge in [-0.1, -0.05) is 0 Å². The molecule has 0 atom stereocenters. The number of aldehydes is 1. The fourth-order valence-electron chi connectivity index (χ4n) is 1.36. The van der Waals surface area contributed by atoms with E-state index in [2.05, 4.69) is 4.98 Å². The molecule has 0 radical (unpaired) electrons. The van der Waals surface area contributed by atoms with Crippen LogP contribution in [0.25, 0.3) is 11.3 Å². The van der Waals surface area contributed by atoms with Crippen LogP contribution in [0.2, 0.25) is 0 Å². The van der Waals surface area contributed by atoms with Gasteiger partial charge in [-0.15, -0.1) is 0 Å². The first kappa shape index (κ1) is 11.3. The molecule has 17 heavy (non-hydrogen) atoms. The number of rotatable bonds is 2. The van der Waals surface area contributed by atoms with E-state index < -0.39 is 17.5 Å². The van der Waals surface area contributed by atoms with E-state index >= 15 is 0 Å². The fourth-order valence-corrected chi connectivity index (χ4v) is 1.36. The van der Waals surface area contributed by atoms with E-state index in [0.717, 1.165) is 18.3 Å². The lowest BCUT2D eigenvalue weighted by atomic mass is 10.1. The summed E-state index contributed by atoms with van der Waals surface area (Å²) in [4.78, 5) is 14.2. The molecule has 2 nitrogen and oxygen atoms in total. The first-order valence-electron chi connectivity index (χ1n) is 4.68. The molecule has 1 aromatic carbocycles. The first-order chi connectivity index (χ1) is 8.11. The number of hydrogen-bond acceptors (Lipinski definition) is 2. The van der Waals surface area contributed by atoms with Gasteiger partial charge in [-0.25, -0.2) is 13.2 Å². The number of aromatic nitrogens is 1. The lowest BCUT2D eigenvalue weighted by Crippen LogP contribution is -1.93. The molecule has 0 aliphatic rings. The molecule has 0 aliphatic heterocycles. The van der Waals surface area contributed by atoms with Crippen molar-refractivity contribution in [3.8, 4) is 11.3 Å². The zero-order valence-electron chi connectivity index (χ0n) is 8.45. The largest absolute Gasteiger partial charge is 0.298 e. The highest BCUT2D eigenvalue weighted by molar-refractivity contribution is 5.77. The number of carbonyl (C=O) groups is 1. The average Bonchev–Trinajstić information content (AvgIpc) is 2.33. The van der Waals surface area contributed by atoms with Crippen molar-refractivity contribution in [3.63, 3.8) is 0 Å². The maximum absolute atomic E-state index is 13.0. The summed E-state index contributed by atoms with van der Waals surface area (Å²) in [6, 6.07) is 4.35. The lowest BCUT2D eigenvalue weighted by Gasteiger charge is -2.03. The minimum atomic E-state index is -1.03. The quantitative estimate of drug-likeness (QED) is 0.751. The van der Waals surface area contributed by atoms with Crippen LogP contribution >= 0.6 is 0 Å². The van der Waals surface area contributed by atoms with Crippen LogP contribution in [0.5, 0.6) is 0 Å². The summed E-state index contributed by atoms with van der Waals surface area (Å²) >= 11 is 0. The zero-order chi connectivity index (χ0) is 12.4. The van der Waals surface area contributed by atoms with Gasteiger partial charge in [0.2, 0.25) is 0 Å². The number of benzene rings is 1. The Hall–Kier alpha value is -2.17. The van der Waals surface area contributed by atoms with E-state index in [-0.39, 0.29) is 16.8 Å². The highest BCUT2D eigenvalue weighted by atomic mass is 19.2. The molecule has 1 heterocycles. The van der Waals surface area contributed by atoms with E-state index in [4.69, 9.17) is 0 Å². The molecule has 86 valence electrons. The van der Waals surface area contributed by atoms with Gasteiger partial charge in [0.25, 0.3) is 0 Å². The van der Waals surface area contributed by atoms with Gasteiger partial charge in [-0.3, -0.25) is 9.78 Å². The van der Waals surface area contributed by atoms with Crippen LogP contribution in [-0.4, -0.2) is 11.3 Å². The maximum atomic E-state index is 13.0. The second-order valence-corrected chi connectivity index (χ2v) is 3.34. The van der Waals surface area contributed by atoms with Crippen molar-refractivity contribution < 1.29 is 18.0 Å². The molecule has 0 unspecified atom stereocenters. The van der Waals surface area contributed by atoms with E-state index in [0.29, 0.717) is 6.29 Å². The molecule has 0 fully saturated rings. The van der Waals surface area contributed by atoms with Crippen LogP contribution in [0.3, 0.4) is 0 Å². The number of nitrogens with zero attached hydrogens (tertiary/aromatic N) is 1. The molecule has 0 saturated carbocycles. The zero-order valence-corrected chi connectivity index (χ0v) is 8.45. The Balaban J connectivity index is 2.52. The van der Waals surface area contributed by atoms with Crippen molar-refractivity contribution in [1.29, 1.82) is 0 Å². The molecule has 0 amide bonds. The Kier molecular flexibility index (Phi) is 2.91. The Labute approximate surface area is 94.7 Å². The Morgan fingerprint density at radius 2 is 1.76 bits per heavy atom. The van der Waals surface area contributed by atoms with E-state index in [1.165, 1.54) is 12.1 Å². The smallest absolute Gasteiger partial charge is 0.159 e. The van der Waals surface area contributed by atoms with Gasteiger partial charge >= 0.3 is 0 Å². The normalized spacial score (nSPS) is 10.3. The van der Waals surface area contributed by atoms with Crippen LogP contribution in [0.15, 0.2) is 30.5 Å². The third kappa shape index (κ3) is 2.18. The van der Waals surface area contributed by atoms with Crippen molar-refractivity contribution in [2.45, 2.75) is 0 Å². The Bertz CT molecular complexity index is 584. The minimum absolute atomic E-state index is 0.181. The first-order valence-corrected chi connectivity index (χ1v) is 4.68. The summed E-state index contributed by atoms with van der Waals surface area (Å²) < 4.78 is 38.7. The van der Waals surface area contributed by atoms with Crippen molar-refractivity contribution in [3.05, 3.63) is 53.5 Å². The predicted molar refractivity (Wildman–Crippen MR) is 54.9 cm³/mol. The third-order valence-corrected chi connectivity index (χ3v) is 2.23. The van der Waals surface area contributed by atoms with Gasteiger partial charge in [0.15, 0.2) is 23.7 Å². The molecule has 0 bridgehead atoms. The summed E-state index contributed by atoms with van der Waals surface area (Å²) in [5.41, 5.74) is 0.291. The molecule has 1 aromatic heterocycles. The van der Waals surface area contributed by atoms with Crippen LogP contribution in [0.4, 0.5) is 13.2 Å². The number of hydrogen-bond donors (Lipinski definition) is 0. The van der Waals surface area contributed by atoms with Gasteiger partial charge in [0.05, 0.1) is 17.5 Å². The van der Waals surface area contributed by atoms with Gasteiger partial charge in [0, 0.05) is 5.56 Å². The fraction of sp³-hybridized carbons (Fsp3) is 0. The molecule has 2 aromatic rings. The Morgan fingerprint density at radius 1 is 1.00 bits per heavy atom. The Morgan fingerprint density at radius 3 is 2.41 bits per heavy atom. The van der Waals surface area contributed by atoms with Crippen LogP contribution in [0, 0.1) is 17.5 Å². The molecular weight excluding hydrogens is 231 g/mol. The minimum Gasteiger partial charge on any atom is -0.298 e. The van der Waals surface area contributed by atoms with Crippen molar-refractivity contribution in [2.24, 2.45) is 0 Å². The summed E-state index contributed by atoms with van der Waals surface area (Å²) in [7, 11) is 0. The van der Waals surface area contributed by atoms with Crippen LogP contribution in [-0.2, 0) is 0 Å². The predicted octanol–water partition coefficient (Wildman–Crippen LogP) is 2.98. The standard InChI is InChI=1S/C12H6F3NO/c13-9-2-1-7(3-10(9)14)12-4-8(6-17)11(15)5-16-12/h1-6H. The lowest BCUT2D eigenvalue weighted by molar-refractivity contribution is 0.111. The summed E-state index contributed by atoms with van der Waals surface area (Å²) in [5, 5.41) is 0.